The van der Waals surface area contributed by atoms with Crippen LogP contribution in [0.15, 0.2) is 53.5 Å². The van der Waals surface area contributed by atoms with Crippen LogP contribution < -0.4 is 15.1 Å². The molecule has 0 radical (unpaired) electrons. The molecule has 1 aromatic heterocycles. The van der Waals surface area contributed by atoms with Crippen LogP contribution in [0, 0.1) is 5.82 Å². The molecule has 9 heteroatoms. The van der Waals surface area contributed by atoms with Crippen molar-refractivity contribution in [2.75, 3.05) is 24.5 Å². The number of fused-ring (bicyclic) bond motifs is 1. The fraction of sp³-hybridized carbons (Fsp3) is 0.320. The number of rotatable bonds is 4. The van der Waals surface area contributed by atoms with Gasteiger partial charge in [-0.05, 0) is 30.5 Å². The molecule has 176 valence electrons. The first-order valence-electron chi connectivity index (χ1n) is 11.2. The zero-order chi connectivity index (χ0) is 24.0. The standard InChI is InChI=1S/C25H24FN3O5/c1-15(30)28-10-9-27(13-22(28)16-5-3-2-4-6-16)21-12-20-18(11-19(21)26)24(31)23(34-25(32)33)14-29(20)17-7-8-17/h2-6,11-12,14,17,22H,7-10,13H2,1H3,(H,32,33). The lowest BCUT2D eigenvalue weighted by Crippen LogP contribution is -2.50. The van der Waals surface area contributed by atoms with Gasteiger partial charge in [0.05, 0.1) is 28.8 Å². The minimum atomic E-state index is -1.59. The van der Waals surface area contributed by atoms with E-state index >= 15 is 4.39 Å². The second kappa shape index (κ2) is 8.48. The summed E-state index contributed by atoms with van der Waals surface area (Å²) < 4.78 is 21.9. The van der Waals surface area contributed by atoms with E-state index in [-0.39, 0.29) is 29.1 Å². The van der Waals surface area contributed by atoms with Crippen molar-refractivity contribution in [1.29, 1.82) is 0 Å². The molecule has 1 saturated heterocycles. The quantitative estimate of drug-likeness (QED) is 0.587. The summed E-state index contributed by atoms with van der Waals surface area (Å²) in [4.78, 5) is 39.8. The van der Waals surface area contributed by atoms with E-state index < -0.39 is 17.4 Å². The average molecular weight is 465 g/mol. The molecule has 1 N–H and O–H groups in total. The molecular weight excluding hydrogens is 441 g/mol. The third-order valence-electron chi connectivity index (χ3n) is 6.52. The Hall–Kier alpha value is -3.88. The highest BCUT2D eigenvalue weighted by atomic mass is 19.1. The van der Waals surface area contributed by atoms with Gasteiger partial charge in [0, 0.05) is 32.6 Å². The third kappa shape index (κ3) is 3.98. The van der Waals surface area contributed by atoms with Gasteiger partial charge in [0.1, 0.15) is 5.82 Å². The highest BCUT2D eigenvalue weighted by molar-refractivity contribution is 5.85. The molecule has 1 atom stereocenters. The Balaban J connectivity index is 1.58. The highest BCUT2D eigenvalue weighted by Crippen LogP contribution is 2.39. The fourth-order valence-corrected chi connectivity index (χ4v) is 4.74. The molecule has 1 aliphatic heterocycles. The van der Waals surface area contributed by atoms with Crippen molar-refractivity contribution in [1.82, 2.24) is 9.47 Å². The highest BCUT2D eigenvalue weighted by Gasteiger charge is 2.32. The van der Waals surface area contributed by atoms with E-state index in [1.165, 1.54) is 13.1 Å². The van der Waals surface area contributed by atoms with Gasteiger partial charge in [-0.15, -0.1) is 0 Å². The number of carboxylic acid groups (broad SMARTS) is 1. The Morgan fingerprint density at radius 3 is 2.50 bits per heavy atom. The van der Waals surface area contributed by atoms with Crippen LogP contribution in [0.4, 0.5) is 14.9 Å². The van der Waals surface area contributed by atoms with Crippen LogP contribution >= 0.6 is 0 Å². The van der Waals surface area contributed by atoms with E-state index in [0.717, 1.165) is 24.5 Å². The lowest BCUT2D eigenvalue weighted by atomic mass is 10.0. The van der Waals surface area contributed by atoms with Crippen molar-refractivity contribution in [3.63, 3.8) is 0 Å². The van der Waals surface area contributed by atoms with Crippen molar-refractivity contribution in [3.05, 3.63) is 70.3 Å². The predicted molar refractivity (Wildman–Crippen MR) is 124 cm³/mol. The molecule has 8 nitrogen and oxygen atoms in total. The smallest absolute Gasteiger partial charge is 0.449 e. The molecule has 34 heavy (non-hydrogen) atoms. The molecule has 1 amide bonds. The molecule has 0 spiro atoms. The number of carbonyl (C=O) groups is 2. The van der Waals surface area contributed by atoms with Crippen LogP contribution in [0.25, 0.3) is 10.9 Å². The first-order chi connectivity index (χ1) is 16.3. The summed E-state index contributed by atoms with van der Waals surface area (Å²) in [7, 11) is 0. The third-order valence-corrected chi connectivity index (χ3v) is 6.52. The molecule has 2 heterocycles. The summed E-state index contributed by atoms with van der Waals surface area (Å²) in [5, 5.41) is 9.06. The van der Waals surface area contributed by atoms with Gasteiger partial charge in [-0.3, -0.25) is 9.59 Å². The monoisotopic (exact) mass is 465 g/mol. The lowest BCUT2D eigenvalue weighted by molar-refractivity contribution is -0.131. The predicted octanol–water partition coefficient (Wildman–Crippen LogP) is 3.94. The molecule has 5 rings (SSSR count). The summed E-state index contributed by atoms with van der Waals surface area (Å²) in [6.45, 7) is 2.82. The molecule has 3 aromatic rings. The van der Waals surface area contributed by atoms with Crippen LogP contribution in [0.3, 0.4) is 0 Å². The SMILES string of the molecule is CC(=O)N1CCN(c2cc3c(cc2F)c(=O)c(OC(=O)O)cn3C2CC2)CC1c1ccccc1. The van der Waals surface area contributed by atoms with Gasteiger partial charge in [-0.2, -0.15) is 0 Å². The summed E-state index contributed by atoms with van der Waals surface area (Å²) in [6, 6.07) is 12.3. The van der Waals surface area contributed by atoms with Crippen molar-refractivity contribution in [2.45, 2.75) is 31.8 Å². The van der Waals surface area contributed by atoms with Crippen LogP contribution in [0.2, 0.25) is 0 Å². The number of carbonyl (C=O) groups excluding carboxylic acids is 1. The minimum Gasteiger partial charge on any atom is -0.449 e. The Bertz CT molecular complexity index is 1340. The largest absolute Gasteiger partial charge is 0.511 e. The lowest BCUT2D eigenvalue weighted by Gasteiger charge is -2.42. The van der Waals surface area contributed by atoms with Crippen LogP contribution in [0.1, 0.15) is 37.4 Å². The van der Waals surface area contributed by atoms with Crippen LogP contribution in [-0.4, -0.2) is 46.3 Å². The van der Waals surface area contributed by atoms with E-state index in [1.807, 2.05) is 35.2 Å². The Kier molecular flexibility index (Phi) is 5.47. The minimum absolute atomic E-state index is 0.0407. The molecule has 1 saturated carbocycles. The summed E-state index contributed by atoms with van der Waals surface area (Å²) in [5.74, 6) is -0.957. The maximum atomic E-state index is 15.4. The first kappa shape index (κ1) is 21.9. The van der Waals surface area contributed by atoms with Gasteiger partial charge in [-0.25, -0.2) is 9.18 Å². The van der Waals surface area contributed by atoms with Crippen LogP contribution in [-0.2, 0) is 4.79 Å². The number of benzene rings is 2. The average Bonchev–Trinajstić information content (AvgIpc) is 3.66. The zero-order valence-corrected chi connectivity index (χ0v) is 18.6. The number of pyridine rings is 1. The van der Waals surface area contributed by atoms with Crippen LogP contribution in [0.5, 0.6) is 5.75 Å². The maximum absolute atomic E-state index is 15.4. The molecule has 1 aliphatic carbocycles. The van der Waals surface area contributed by atoms with E-state index in [9.17, 15) is 14.4 Å². The number of hydrogen-bond donors (Lipinski definition) is 1. The number of amides is 1. The van der Waals surface area contributed by atoms with Gasteiger partial charge in [0.25, 0.3) is 0 Å². The van der Waals surface area contributed by atoms with Gasteiger partial charge >= 0.3 is 6.16 Å². The number of ether oxygens (including phenoxy) is 1. The number of hydrogen-bond acceptors (Lipinski definition) is 5. The van der Waals surface area contributed by atoms with Gasteiger partial charge in [0.15, 0.2) is 5.75 Å². The second-order valence-electron chi connectivity index (χ2n) is 8.73. The first-order valence-corrected chi connectivity index (χ1v) is 11.2. The number of piperazine rings is 1. The van der Waals surface area contributed by atoms with Gasteiger partial charge in [-0.1, -0.05) is 30.3 Å². The van der Waals surface area contributed by atoms with Crippen molar-refractivity contribution >= 4 is 28.7 Å². The molecule has 2 fully saturated rings. The maximum Gasteiger partial charge on any atom is 0.511 e. The molecule has 0 bridgehead atoms. The number of nitrogens with zero attached hydrogens (tertiary/aromatic N) is 3. The normalized spacial score (nSPS) is 18.2. The molecule has 2 aliphatic rings. The zero-order valence-electron chi connectivity index (χ0n) is 18.6. The van der Waals surface area contributed by atoms with E-state index in [2.05, 4.69) is 4.74 Å². The Morgan fingerprint density at radius 2 is 1.85 bits per heavy atom. The molecular formula is C25H24FN3O5. The second-order valence-corrected chi connectivity index (χ2v) is 8.73. The van der Waals surface area contributed by atoms with Gasteiger partial charge < -0.3 is 24.2 Å². The summed E-state index contributed by atoms with van der Waals surface area (Å²) in [5.41, 5.74) is 1.18. The number of anilines is 1. The Labute approximate surface area is 194 Å². The fourth-order valence-electron chi connectivity index (χ4n) is 4.74. The van der Waals surface area contributed by atoms with E-state index in [0.29, 0.717) is 30.8 Å². The van der Waals surface area contributed by atoms with E-state index in [1.54, 1.807) is 15.5 Å². The molecule has 2 aromatic carbocycles. The van der Waals surface area contributed by atoms with Crippen molar-refractivity contribution in [3.8, 4) is 5.75 Å². The summed E-state index contributed by atoms with van der Waals surface area (Å²) >= 11 is 0. The number of aromatic nitrogens is 1. The van der Waals surface area contributed by atoms with E-state index in [4.69, 9.17) is 5.11 Å². The summed E-state index contributed by atoms with van der Waals surface area (Å²) in [6.07, 6.45) is 1.57. The topological polar surface area (TPSA) is 92.1 Å². The van der Waals surface area contributed by atoms with Crippen molar-refractivity contribution in [2.24, 2.45) is 0 Å². The van der Waals surface area contributed by atoms with Crippen molar-refractivity contribution < 1.29 is 23.8 Å². The van der Waals surface area contributed by atoms with Gasteiger partial charge in [0.2, 0.25) is 11.3 Å². The Morgan fingerprint density at radius 1 is 1.12 bits per heavy atom. The molecule has 1 unspecified atom stereocenters. The number of halogens is 1.